The van der Waals surface area contributed by atoms with Crippen LogP contribution in [0.5, 0.6) is 5.75 Å². The van der Waals surface area contributed by atoms with E-state index in [4.69, 9.17) is 4.74 Å². The molecule has 3 aromatic rings. The number of hydrogen-bond donors (Lipinski definition) is 0. The van der Waals surface area contributed by atoms with Crippen LogP contribution >= 0.6 is 0 Å². The zero-order chi connectivity index (χ0) is 20.2. The quantitative estimate of drug-likeness (QED) is 0.647. The van der Waals surface area contributed by atoms with Crippen LogP contribution in [0, 0.1) is 0 Å². The minimum absolute atomic E-state index is 0.0485. The van der Waals surface area contributed by atoms with Gasteiger partial charge in [0.25, 0.3) is 5.91 Å². The zero-order valence-corrected chi connectivity index (χ0v) is 17.1. The molecule has 0 atom stereocenters. The van der Waals surface area contributed by atoms with E-state index in [-0.39, 0.29) is 12.5 Å². The summed E-state index contributed by atoms with van der Waals surface area (Å²) in [6.45, 7) is 8.42. The fourth-order valence-electron chi connectivity index (χ4n) is 3.67. The van der Waals surface area contributed by atoms with E-state index in [9.17, 15) is 4.79 Å². The van der Waals surface area contributed by atoms with Crippen LogP contribution < -0.4 is 4.74 Å². The number of aromatic nitrogens is 2. The Bertz CT molecular complexity index is 956. The zero-order valence-electron chi connectivity index (χ0n) is 17.1. The summed E-state index contributed by atoms with van der Waals surface area (Å²) in [6, 6.07) is 14.0. The molecule has 1 saturated heterocycles. The topological polar surface area (TPSA) is 50.1 Å². The SMILES string of the molecule is CC(C)c1ccc(OCC(=O)N2CCN(Cc3cnc4ccccn34)CC2)cc1. The first-order chi connectivity index (χ1) is 14.1. The van der Waals surface area contributed by atoms with E-state index < -0.39 is 0 Å². The number of benzene rings is 1. The molecule has 6 heteroatoms. The number of nitrogens with zero attached hydrogens (tertiary/aromatic N) is 4. The number of rotatable bonds is 6. The van der Waals surface area contributed by atoms with Gasteiger partial charge in [0, 0.05) is 38.9 Å². The molecule has 3 heterocycles. The van der Waals surface area contributed by atoms with E-state index in [1.807, 2.05) is 47.6 Å². The molecule has 152 valence electrons. The van der Waals surface area contributed by atoms with Gasteiger partial charge in [0.2, 0.25) is 0 Å². The highest BCUT2D eigenvalue weighted by molar-refractivity contribution is 5.77. The average Bonchev–Trinajstić information content (AvgIpc) is 3.16. The molecule has 2 aromatic heterocycles. The van der Waals surface area contributed by atoms with Crippen molar-refractivity contribution < 1.29 is 9.53 Å². The lowest BCUT2D eigenvalue weighted by Crippen LogP contribution is -2.49. The summed E-state index contributed by atoms with van der Waals surface area (Å²) in [6.07, 6.45) is 3.98. The van der Waals surface area contributed by atoms with Gasteiger partial charge in [-0.05, 0) is 35.7 Å². The molecule has 1 aliphatic rings. The summed E-state index contributed by atoms with van der Waals surface area (Å²) in [4.78, 5) is 21.2. The van der Waals surface area contributed by atoms with Crippen LogP contribution in [0.4, 0.5) is 0 Å². The van der Waals surface area contributed by atoms with Crippen molar-refractivity contribution in [1.82, 2.24) is 19.2 Å². The lowest BCUT2D eigenvalue weighted by atomic mass is 10.0. The third-order valence-corrected chi connectivity index (χ3v) is 5.51. The summed E-state index contributed by atoms with van der Waals surface area (Å²) >= 11 is 0. The van der Waals surface area contributed by atoms with Crippen molar-refractivity contribution in [2.75, 3.05) is 32.8 Å². The first kappa shape index (κ1) is 19.5. The monoisotopic (exact) mass is 392 g/mol. The molecule has 1 aromatic carbocycles. The molecule has 1 fully saturated rings. The number of carbonyl (C=O) groups is 1. The second-order valence-corrected chi connectivity index (χ2v) is 7.85. The summed E-state index contributed by atoms with van der Waals surface area (Å²) in [5, 5.41) is 0. The predicted molar refractivity (Wildman–Crippen MR) is 113 cm³/mol. The maximum absolute atomic E-state index is 12.5. The second-order valence-electron chi connectivity index (χ2n) is 7.85. The number of fused-ring (bicyclic) bond motifs is 1. The fraction of sp³-hybridized carbons (Fsp3) is 0.391. The van der Waals surface area contributed by atoms with Gasteiger partial charge in [0.1, 0.15) is 11.4 Å². The standard InChI is InChI=1S/C23H28N4O2/c1-18(2)19-6-8-21(9-7-19)29-17-23(28)26-13-11-25(12-14-26)16-20-15-24-22-5-3-4-10-27(20)22/h3-10,15,18H,11-14,16-17H2,1-2H3. The fourth-order valence-corrected chi connectivity index (χ4v) is 3.67. The second kappa shape index (κ2) is 8.66. The summed E-state index contributed by atoms with van der Waals surface area (Å²) in [5.41, 5.74) is 3.41. The Hall–Kier alpha value is -2.86. The Kier molecular flexibility index (Phi) is 5.81. The number of imidazole rings is 1. The van der Waals surface area contributed by atoms with Gasteiger partial charge in [-0.15, -0.1) is 0 Å². The highest BCUT2D eigenvalue weighted by Gasteiger charge is 2.22. The van der Waals surface area contributed by atoms with E-state index in [2.05, 4.69) is 40.3 Å². The maximum Gasteiger partial charge on any atom is 0.260 e. The molecule has 0 aliphatic carbocycles. The molecule has 0 saturated carbocycles. The molecule has 1 aliphatic heterocycles. The molecule has 0 bridgehead atoms. The van der Waals surface area contributed by atoms with Crippen LogP contribution in [0.3, 0.4) is 0 Å². The summed E-state index contributed by atoms with van der Waals surface area (Å²) < 4.78 is 7.82. The lowest BCUT2D eigenvalue weighted by molar-refractivity contribution is -0.135. The summed E-state index contributed by atoms with van der Waals surface area (Å²) in [5.74, 6) is 1.28. The van der Waals surface area contributed by atoms with E-state index in [1.165, 1.54) is 11.3 Å². The van der Waals surface area contributed by atoms with Crippen molar-refractivity contribution in [2.45, 2.75) is 26.3 Å². The van der Waals surface area contributed by atoms with Crippen molar-refractivity contribution >= 4 is 11.6 Å². The van der Waals surface area contributed by atoms with Crippen LogP contribution in [0.25, 0.3) is 5.65 Å². The average molecular weight is 393 g/mol. The maximum atomic E-state index is 12.5. The molecule has 1 amide bonds. The van der Waals surface area contributed by atoms with Crippen LogP contribution in [-0.4, -0.2) is 57.9 Å². The molecule has 0 radical (unpaired) electrons. The molecule has 0 N–H and O–H groups in total. The first-order valence-corrected chi connectivity index (χ1v) is 10.2. The van der Waals surface area contributed by atoms with Gasteiger partial charge in [-0.25, -0.2) is 4.98 Å². The number of piperazine rings is 1. The minimum Gasteiger partial charge on any atom is -0.484 e. The van der Waals surface area contributed by atoms with Gasteiger partial charge in [0.05, 0.1) is 11.9 Å². The molecular weight excluding hydrogens is 364 g/mol. The molecule has 0 spiro atoms. The Labute approximate surface area is 171 Å². The van der Waals surface area contributed by atoms with Gasteiger partial charge in [-0.1, -0.05) is 32.0 Å². The van der Waals surface area contributed by atoms with Crippen molar-refractivity contribution in [3.63, 3.8) is 0 Å². The van der Waals surface area contributed by atoms with Crippen LogP contribution in [0.2, 0.25) is 0 Å². The van der Waals surface area contributed by atoms with Gasteiger partial charge in [-0.3, -0.25) is 9.69 Å². The smallest absolute Gasteiger partial charge is 0.260 e. The number of hydrogen-bond acceptors (Lipinski definition) is 4. The molecule has 6 nitrogen and oxygen atoms in total. The van der Waals surface area contributed by atoms with Crippen molar-refractivity contribution in [3.05, 3.63) is 66.1 Å². The molecule has 29 heavy (non-hydrogen) atoms. The van der Waals surface area contributed by atoms with Crippen molar-refractivity contribution in [1.29, 1.82) is 0 Å². The normalized spacial score (nSPS) is 15.2. The Morgan fingerprint density at radius 2 is 1.83 bits per heavy atom. The largest absolute Gasteiger partial charge is 0.484 e. The van der Waals surface area contributed by atoms with Crippen LogP contribution in [0.15, 0.2) is 54.9 Å². The highest BCUT2D eigenvalue weighted by atomic mass is 16.5. The molecule has 0 unspecified atom stereocenters. The number of ether oxygens (including phenoxy) is 1. The Balaban J connectivity index is 1.25. The predicted octanol–water partition coefficient (Wildman–Crippen LogP) is 3.18. The molecular formula is C23H28N4O2. The van der Waals surface area contributed by atoms with Crippen LogP contribution in [-0.2, 0) is 11.3 Å². The van der Waals surface area contributed by atoms with Gasteiger partial charge in [-0.2, -0.15) is 0 Å². The molecule has 4 rings (SSSR count). The first-order valence-electron chi connectivity index (χ1n) is 10.2. The van der Waals surface area contributed by atoms with Gasteiger partial charge >= 0.3 is 0 Å². The van der Waals surface area contributed by atoms with E-state index in [1.54, 1.807) is 0 Å². The van der Waals surface area contributed by atoms with Crippen LogP contribution in [0.1, 0.15) is 31.0 Å². The third kappa shape index (κ3) is 4.59. The Morgan fingerprint density at radius 3 is 2.55 bits per heavy atom. The number of pyridine rings is 1. The minimum atomic E-state index is 0.0485. The third-order valence-electron chi connectivity index (χ3n) is 5.51. The number of amides is 1. The van der Waals surface area contributed by atoms with Gasteiger partial charge < -0.3 is 14.0 Å². The summed E-state index contributed by atoms with van der Waals surface area (Å²) in [7, 11) is 0. The van der Waals surface area contributed by atoms with E-state index in [0.29, 0.717) is 5.92 Å². The van der Waals surface area contributed by atoms with Gasteiger partial charge in [0.15, 0.2) is 6.61 Å². The Morgan fingerprint density at radius 1 is 1.07 bits per heavy atom. The van der Waals surface area contributed by atoms with Crippen molar-refractivity contribution in [2.24, 2.45) is 0 Å². The number of carbonyl (C=O) groups excluding carboxylic acids is 1. The van der Waals surface area contributed by atoms with E-state index in [0.717, 1.165) is 44.1 Å². The van der Waals surface area contributed by atoms with E-state index >= 15 is 0 Å². The lowest BCUT2D eigenvalue weighted by Gasteiger charge is -2.34. The van der Waals surface area contributed by atoms with Crippen molar-refractivity contribution in [3.8, 4) is 5.75 Å². The highest BCUT2D eigenvalue weighted by Crippen LogP contribution is 2.19.